The Morgan fingerprint density at radius 2 is 1.87 bits per heavy atom. The first-order valence-corrected chi connectivity index (χ1v) is 6.91. The Kier molecular flexibility index (Phi) is 5.14. The number of nitrogens with zero attached hydrogens (tertiary/aromatic N) is 1. The quantitative estimate of drug-likeness (QED) is 0.652. The van der Waals surface area contributed by atoms with Crippen molar-refractivity contribution in [1.82, 2.24) is 0 Å². The van der Waals surface area contributed by atoms with Crippen molar-refractivity contribution in [2.75, 3.05) is 19.0 Å². The van der Waals surface area contributed by atoms with E-state index in [1.54, 1.807) is 18.2 Å². The van der Waals surface area contributed by atoms with Crippen LogP contribution in [0.3, 0.4) is 0 Å². The summed E-state index contributed by atoms with van der Waals surface area (Å²) < 4.78 is 10.6. The maximum Gasteiger partial charge on any atom is 0.269 e. The number of hydrogen-bond donors (Lipinski definition) is 1. The van der Waals surface area contributed by atoms with E-state index >= 15 is 0 Å². The number of amides is 1. The third-order valence-corrected chi connectivity index (χ3v) is 3.06. The molecule has 0 radical (unpaired) electrons. The molecular weight excluding hydrogens is 300 g/mol. The Morgan fingerprint density at radius 1 is 1.17 bits per heavy atom. The highest BCUT2D eigenvalue weighted by Crippen LogP contribution is 2.28. The molecule has 0 fully saturated rings. The monoisotopic (exact) mass is 316 g/mol. The fourth-order valence-electron chi connectivity index (χ4n) is 1.96. The molecule has 1 N–H and O–H groups in total. The number of benzene rings is 2. The van der Waals surface area contributed by atoms with Gasteiger partial charge in [-0.3, -0.25) is 14.9 Å². The van der Waals surface area contributed by atoms with Gasteiger partial charge in [0.25, 0.3) is 11.6 Å². The molecule has 0 atom stereocenters. The molecule has 23 heavy (non-hydrogen) atoms. The average Bonchev–Trinajstić information content (AvgIpc) is 2.55. The molecule has 0 spiro atoms. The number of nitro benzene ring substituents is 1. The number of nitrogens with one attached hydrogen (secondary N) is 1. The van der Waals surface area contributed by atoms with E-state index in [4.69, 9.17) is 9.47 Å². The molecule has 0 unspecified atom stereocenters. The normalized spacial score (nSPS) is 10.0. The Bertz CT molecular complexity index is 713. The lowest BCUT2D eigenvalue weighted by atomic mass is 10.1. The van der Waals surface area contributed by atoms with Crippen LogP contribution in [-0.2, 0) is 0 Å². The fourth-order valence-corrected chi connectivity index (χ4v) is 1.96. The SMILES string of the molecule is CCOc1cc(C(=O)Nc2ccc([N+](=O)[O-])cc2)ccc1OC. The van der Waals surface area contributed by atoms with Gasteiger partial charge >= 0.3 is 0 Å². The van der Waals surface area contributed by atoms with Crippen molar-refractivity contribution >= 4 is 17.3 Å². The summed E-state index contributed by atoms with van der Waals surface area (Å²) in [6, 6.07) is 10.5. The van der Waals surface area contributed by atoms with Crippen LogP contribution in [0.1, 0.15) is 17.3 Å². The summed E-state index contributed by atoms with van der Waals surface area (Å²) in [6.07, 6.45) is 0. The molecule has 7 heteroatoms. The Labute approximate surface area is 133 Å². The lowest BCUT2D eigenvalue weighted by molar-refractivity contribution is -0.384. The van der Waals surface area contributed by atoms with E-state index < -0.39 is 4.92 Å². The Morgan fingerprint density at radius 3 is 2.43 bits per heavy atom. The van der Waals surface area contributed by atoms with Crippen LogP contribution < -0.4 is 14.8 Å². The first-order chi connectivity index (χ1) is 11.0. The van der Waals surface area contributed by atoms with Crippen molar-refractivity contribution in [3.05, 3.63) is 58.1 Å². The molecule has 120 valence electrons. The summed E-state index contributed by atoms with van der Waals surface area (Å²) in [5.41, 5.74) is 0.827. The number of hydrogen-bond acceptors (Lipinski definition) is 5. The molecule has 0 bridgehead atoms. The molecule has 0 aliphatic carbocycles. The van der Waals surface area contributed by atoms with E-state index in [-0.39, 0.29) is 11.6 Å². The van der Waals surface area contributed by atoms with Crippen LogP contribution in [0.5, 0.6) is 11.5 Å². The summed E-state index contributed by atoms with van der Waals surface area (Å²) in [5, 5.41) is 13.3. The summed E-state index contributed by atoms with van der Waals surface area (Å²) in [4.78, 5) is 22.4. The maximum absolute atomic E-state index is 12.2. The van der Waals surface area contributed by atoms with Gasteiger partial charge in [-0.05, 0) is 37.3 Å². The minimum absolute atomic E-state index is 0.0360. The highest BCUT2D eigenvalue weighted by Gasteiger charge is 2.12. The van der Waals surface area contributed by atoms with E-state index in [0.717, 1.165) is 0 Å². The van der Waals surface area contributed by atoms with Gasteiger partial charge in [-0.25, -0.2) is 0 Å². The van der Waals surface area contributed by atoms with Crippen LogP contribution >= 0.6 is 0 Å². The van der Waals surface area contributed by atoms with E-state index in [2.05, 4.69) is 5.32 Å². The first-order valence-electron chi connectivity index (χ1n) is 6.91. The van der Waals surface area contributed by atoms with Crippen molar-refractivity contribution in [1.29, 1.82) is 0 Å². The molecule has 7 nitrogen and oxygen atoms in total. The average molecular weight is 316 g/mol. The summed E-state index contributed by atoms with van der Waals surface area (Å²) in [7, 11) is 1.52. The Hall–Kier alpha value is -3.09. The summed E-state index contributed by atoms with van der Waals surface area (Å²) in [5.74, 6) is 0.674. The number of non-ortho nitro benzene ring substituents is 1. The van der Waals surface area contributed by atoms with Gasteiger partial charge in [-0.2, -0.15) is 0 Å². The van der Waals surface area contributed by atoms with Gasteiger partial charge in [0.05, 0.1) is 18.6 Å². The van der Waals surface area contributed by atoms with Crippen LogP contribution in [-0.4, -0.2) is 24.5 Å². The lowest BCUT2D eigenvalue weighted by Gasteiger charge is -2.11. The zero-order chi connectivity index (χ0) is 16.8. The molecule has 2 aromatic rings. The van der Waals surface area contributed by atoms with Gasteiger partial charge < -0.3 is 14.8 Å². The zero-order valence-corrected chi connectivity index (χ0v) is 12.7. The highest BCUT2D eigenvalue weighted by atomic mass is 16.6. The van der Waals surface area contributed by atoms with Crippen molar-refractivity contribution in [3.8, 4) is 11.5 Å². The molecule has 0 heterocycles. The number of ether oxygens (including phenoxy) is 2. The number of rotatable bonds is 6. The van der Waals surface area contributed by atoms with Crippen LogP contribution in [0, 0.1) is 10.1 Å². The molecule has 0 aliphatic heterocycles. The van der Waals surface area contributed by atoms with Gasteiger partial charge in [0.2, 0.25) is 0 Å². The zero-order valence-electron chi connectivity index (χ0n) is 12.7. The van der Waals surface area contributed by atoms with Gasteiger partial charge in [0.1, 0.15) is 0 Å². The van der Waals surface area contributed by atoms with Crippen molar-refractivity contribution in [3.63, 3.8) is 0 Å². The number of methoxy groups -OCH3 is 1. The van der Waals surface area contributed by atoms with E-state index in [0.29, 0.717) is 29.4 Å². The molecular formula is C16H16N2O5. The molecule has 2 aromatic carbocycles. The van der Waals surface area contributed by atoms with Gasteiger partial charge in [0.15, 0.2) is 11.5 Å². The van der Waals surface area contributed by atoms with Crippen LogP contribution in [0.4, 0.5) is 11.4 Å². The second-order valence-electron chi connectivity index (χ2n) is 4.56. The number of anilines is 1. The molecule has 0 saturated heterocycles. The molecule has 1 amide bonds. The fraction of sp³-hybridized carbons (Fsp3) is 0.188. The summed E-state index contributed by atoms with van der Waals surface area (Å²) in [6.45, 7) is 2.28. The number of carbonyl (C=O) groups excluding carboxylic acids is 1. The minimum Gasteiger partial charge on any atom is -0.493 e. The summed E-state index contributed by atoms with van der Waals surface area (Å²) >= 11 is 0. The van der Waals surface area contributed by atoms with Gasteiger partial charge in [0, 0.05) is 23.4 Å². The number of nitro groups is 1. The Balaban J connectivity index is 2.16. The second kappa shape index (κ2) is 7.26. The number of carbonyl (C=O) groups is 1. The van der Waals surface area contributed by atoms with Crippen molar-refractivity contribution in [2.24, 2.45) is 0 Å². The standard InChI is InChI=1S/C16H16N2O5/c1-3-23-15-10-11(4-9-14(15)22-2)16(19)17-12-5-7-13(8-6-12)18(20)21/h4-10H,3H2,1-2H3,(H,17,19). The van der Waals surface area contributed by atoms with E-state index in [1.807, 2.05) is 6.92 Å². The largest absolute Gasteiger partial charge is 0.493 e. The predicted octanol–water partition coefficient (Wildman–Crippen LogP) is 3.25. The van der Waals surface area contributed by atoms with Crippen LogP contribution in [0.25, 0.3) is 0 Å². The smallest absolute Gasteiger partial charge is 0.269 e. The first kappa shape index (κ1) is 16.3. The van der Waals surface area contributed by atoms with Crippen LogP contribution in [0.15, 0.2) is 42.5 Å². The van der Waals surface area contributed by atoms with Gasteiger partial charge in [-0.15, -0.1) is 0 Å². The van der Waals surface area contributed by atoms with Crippen molar-refractivity contribution < 1.29 is 19.2 Å². The van der Waals surface area contributed by atoms with Crippen molar-refractivity contribution in [2.45, 2.75) is 6.92 Å². The van der Waals surface area contributed by atoms with Crippen LogP contribution in [0.2, 0.25) is 0 Å². The lowest BCUT2D eigenvalue weighted by Crippen LogP contribution is -2.12. The topological polar surface area (TPSA) is 90.7 Å². The molecule has 0 aromatic heterocycles. The molecule has 0 aliphatic rings. The highest BCUT2D eigenvalue weighted by molar-refractivity contribution is 6.04. The van der Waals surface area contributed by atoms with E-state index in [9.17, 15) is 14.9 Å². The van der Waals surface area contributed by atoms with Gasteiger partial charge in [-0.1, -0.05) is 0 Å². The maximum atomic E-state index is 12.2. The third-order valence-electron chi connectivity index (χ3n) is 3.06. The third kappa shape index (κ3) is 3.97. The molecule has 2 rings (SSSR count). The predicted molar refractivity (Wildman–Crippen MR) is 85.2 cm³/mol. The van der Waals surface area contributed by atoms with E-state index in [1.165, 1.54) is 31.4 Å². The molecule has 0 saturated carbocycles. The second-order valence-corrected chi connectivity index (χ2v) is 4.56. The minimum atomic E-state index is -0.497.